The minimum atomic E-state index is -0.340. The van der Waals surface area contributed by atoms with E-state index in [9.17, 15) is 9.18 Å². The zero-order chi connectivity index (χ0) is 15.5. The van der Waals surface area contributed by atoms with E-state index in [4.69, 9.17) is 0 Å². The third kappa shape index (κ3) is 4.12. The molecule has 1 nitrogen and oxygen atoms in total. The Kier molecular flexibility index (Phi) is 4.37. The lowest BCUT2D eigenvalue weighted by molar-refractivity contribution is 0.104. The molecule has 0 aliphatic carbocycles. The molecule has 108 valence electrons. The van der Waals surface area contributed by atoms with Crippen LogP contribution in [0.25, 0.3) is 6.08 Å². The standard InChI is InChI=1S/C19H19FO/c1-19(2,3)16-9-4-14(5-10-16)6-13-18(21)15-7-11-17(20)12-8-15/h4-13H,1-3H3. The van der Waals surface area contributed by atoms with Gasteiger partial charge in [-0.25, -0.2) is 4.39 Å². The van der Waals surface area contributed by atoms with Crippen molar-refractivity contribution in [3.05, 3.63) is 77.1 Å². The van der Waals surface area contributed by atoms with Crippen molar-refractivity contribution in [2.45, 2.75) is 26.2 Å². The van der Waals surface area contributed by atoms with Gasteiger partial charge in [0.25, 0.3) is 0 Å². The fourth-order valence-corrected chi connectivity index (χ4v) is 1.98. The van der Waals surface area contributed by atoms with E-state index in [1.54, 1.807) is 6.08 Å². The molecule has 21 heavy (non-hydrogen) atoms. The molecule has 0 aliphatic rings. The van der Waals surface area contributed by atoms with Gasteiger partial charge in [0.1, 0.15) is 5.82 Å². The van der Waals surface area contributed by atoms with Gasteiger partial charge in [-0.05, 0) is 46.9 Å². The Hall–Kier alpha value is -2.22. The van der Waals surface area contributed by atoms with Crippen molar-refractivity contribution < 1.29 is 9.18 Å². The van der Waals surface area contributed by atoms with Crippen LogP contribution in [0.15, 0.2) is 54.6 Å². The maximum Gasteiger partial charge on any atom is 0.185 e. The largest absolute Gasteiger partial charge is 0.289 e. The molecule has 2 aromatic rings. The first-order valence-electron chi connectivity index (χ1n) is 6.95. The summed E-state index contributed by atoms with van der Waals surface area (Å²) in [5.74, 6) is -0.469. The Morgan fingerprint density at radius 1 is 0.952 bits per heavy atom. The zero-order valence-electron chi connectivity index (χ0n) is 12.6. The van der Waals surface area contributed by atoms with Gasteiger partial charge in [-0.2, -0.15) is 0 Å². The molecule has 0 bridgehead atoms. The summed E-state index contributed by atoms with van der Waals surface area (Å²) in [6.45, 7) is 6.49. The number of rotatable bonds is 3. The lowest BCUT2D eigenvalue weighted by atomic mass is 9.87. The van der Waals surface area contributed by atoms with E-state index in [0.717, 1.165) is 5.56 Å². The maximum atomic E-state index is 12.8. The van der Waals surface area contributed by atoms with Crippen molar-refractivity contribution >= 4 is 11.9 Å². The van der Waals surface area contributed by atoms with Crippen LogP contribution in [0.3, 0.4) is 0 Å². The highest BCUT2D eigenvalue weighted by Gasteiger charge is 2.12. The molecule has 0 spiro atoms. The Balaban J connectivity index is 2.10. The molecule has 0 heterocycles. The minimum absolute atomic E-state index is 0.117. The third-order valence-electron chi connectivity index (χ3n) is 3.33. The number of halogens is 1. The van der Waals surface area contributed by atoms with Crippen molar-refractivity contribution in [3.8, 4) is 0 Å². The molecule has 2 aromatic carbocycles. The molecule has 0 amide bonds. The summed E-state index contributed by atoms with van der Waals surface area (Å²) in [5, 5.41) is 0. The van der Waals surface area contributed by atoms with Gasteiger partial charge in [0.05, 0.1) is 0 Å². The van der Waals surface area contributed by atoms with E-state index in [1.807, 2.05) is 12.1 Å². The van der Waals surface area contributed by atoms with Crippen LogP contribution in [-0.4, -0.2) is 5.78 Å². The van der Waals surface area contributed by atoms with Crippen molar-refractivity contribution in [2.24, 2.45) is 0 Å². The Labute approximate surface area is 125 Å². The van der Waals surface area contributed by atoms with Gasteiger partial charge in [-0.15, -0.1) is 0 Å². The predicted octanol–water partition coefficient (Wildman–Crippen LogP) is 5.02. The number of ketones is 1. The molecule has 0 fully saturated rings. The van der Waals surface area contributed by atoms with Gasteiger partial charge >= 0.3 is 0 Å². The highest BCUT2D eigenvalue weighted by atomic mass is 19.1. The first-order chi connectivity index (χ1) is 9.86. The number of allylic oxidation sites excluding steroid dienone is 1. The molecule has 0 atom stereocenters. The van der Waals surface area contributed by atoms with Crippen LogP contribution in [-0.2, 0) is 5.41 Å². The van der Waals surface area contributed by atoms with E-state index in [0.29, 0.717) is 5.56 Å². The average molecular weight is 282 g/mol. The van der Waals surface area contributed by atoms with Crippen LogP contribution in [0.2, 0.25) is 0 Å². The summed E-state index contributed by atoms with van der Waals surface area (Å²) in [6.07, 6.45) is 3.29. The molecular formula is C19H19FO. The van der Waals surface area contributed by atoms with Gasteiger partial charge in [0.2, 0.25) is 0 Å². The van der Waals surface area contributed by atoms with Crippen LogP contribution in [0.4, 0.5) is 4.39 Å². The highest BCUT2D eigenvalue weighted by Crippen LogP contribution is 2.22. The Bertz CT molecular complexity index is 643. The van der Waals surface area contributed by atoms with Crippen LogP contribution in [0.5, 0.6) is 0 Å². The second-order valence-corrected chi connectivity index (χ2v) is 6.08. The quantitative estimate of drug-likeness (QED) is 0.570. The van der Waals surface area contributed by atoms with Gasteiger partial charge in [0.15, 0.2) is 5.78 Å². The van der Waals surface area contributed by atoms with Crippen LogP contribution in [0, 0.1) is 5.82 Å². The Morgan fingerprint density at radius 3 is 2.05 bits per heavy atom. The molecule has 0 unspecified atom stereocenters. The molecule has 0 aromatic heterocycles. The normalized spacial score (nSPS) is 11.8. The van der Waals surface area contributed by atoms with Crippen molar-refractivity contribution in [3.63, 3.8) is 0 Å². The number of carbonyl (C=O) groups is 1. The first-order valence-corrected chi connectivity index (χ1v) is 6.95. The summed E-state index contributed by atoms with van der Waals surface area (Å²) >= 11 is 0. The van der Waals surface area contributed by atoms with Crippen LogP contribution < -0.4 is 0 Å². The number of hydrogen-bond acceptors (Lipinski definition) is 1. The molecule has 0 radical (unpaired) electrons. The second-order valence-electron chi connectivity index (χ2n) is 6.08. The fourth-order valence-electron chi connectivity index (χ4n) is 1.98. The smallest absolute Gasteiger partial charge is 0.185 e. The predicted molar refractivity (Wildman–Crippen MR) is 84.9 cm³/mol. The first kappa shape index (κ1) is 15.2. The summed E-state index contributed by atoms with van der Waals surface area (Å²) in [4.78, 5) is 11.9. The van der Waals surface area contributed by atoms with E-state index in [-0.39, 0.29) is 17.0 Å². The SMILES string of the molecule is CC(C)(C)c1ccc(C=CC(=O)c2ccc(F)cc2)cc1. The average Bonchev–Trinajstić information content (AvgIpc) is 2.45. The number of hydrogen-bond donors (Lipinski definition) is 0. The molecule has 2 rings (SSSR count). The maximum absolute atomic E-state index is 12.8. The van der Waals surface area contributed by atoms with Gasteiger partial charge in [-0.1, -0.05) is 51.1 Å². The molecule has 0 saturated carbocycles. The molecule has 0 saturated heterocycles. The zero-order valence-corrected chi connectivity index (χ0v) is 12.6. The monoisotopic (exact) mass is 282 g/mol. The topological polar surface area (TPSA) is 17.1 Å². The molecule has 0 N–H and O–H groups in total. The summed E-state index contributed by atoms with van der Waals surface area (Å²) < 4.78 is 12.8. The van der Waals surface area contributed by atoms with Crippen molar-refractivity contribution in [1.29, 1.82) is 0 Å². The van der Waals surface area contributed by atoms with Crippen molar-refractivity contribution in [1.82, 2.24) is 0 Å². The lowest BCUT2D eigenvalue weighted by Crippen LogP contribution is -2.10. The van der Waals surface area contributed by atoms with Crippen LogP contribution >= 0.6 is 0 Å². The molecule has 2 heteroatoms. The summed E-state index contributed by atoms with van der Waals surface area (Å²) in [5.41, 5.74) is 2.83. The van der Waals surface area contributed by atoms with Gasteiger partial charge < -0.3 is 0 Å². The minimum Gasteiger partial charge on any atom is -0.289 e. The summed E-state index contributed by atoms with van der Waals surface area (Å²) in [6, 6.07) is 13.7. The van der Waals surface area contributed by atoms with E-state index in [1.165, 1.54) is 35.9 Å². The highest BCUT2D eigenvalue weighted by molar-refractivity contribution is 6.06. The Morgan fingerprint density at radius 2 is 1.52 bits per heavy atom. The molecule has 0 aliphatic heterocycles. The third-order valence-corrected chi connectivity index (χ3v) is 3.33. The van der Waals surface area contributed by atoms with Crippen LogP contribution in [0.1, 0.15) is 42.3 Å². The van der Waals surface area contributed by atoms with Crippen molar-refractivity contribution in [2.75, 3.05) is 0 Å². The summed E-state index contributed by atoms with van der Waals surface area (Å²) in [7, 11) is 0. The number of benzene rings is 2. The van der Waals surface area contributed by atoms with E-state index >= 15 is 0 Å². The molecular weight excluding hydrogens is 263 g/mol. The second kappa shape index (κ2) is 6.04. The number of carbonyl (C=O) groups excluding carboxylic acids is 1. The van der Waals surface area contributed by atoms with E-state index < -0.39 is 0 Å². The fraction of sp³-hybridized carbons (Fsp3) is 0.211. The van der Waals surface area contributed by atoms with Gasteiger partial charge in [0, 0.05) is 5.56 Å². The van der Waals surface area contributed by atoms with Gasteiger partial charge in [-0.3, -0.25) is 4.79 Å². The lowest BCUT2D eigenvalue weighted by Gasteiger charge is -2.18. The van der Waals surface area contributed by atoms with E-state index in [2.05, 4.69) is 32.9 Å².